The molecule has 3 N–H and O–H groups in total. The highest BCUT2D eigenvalue weighted by Crippen LogP contribution is 2.44. The third-order valence-corrected chi connectivity index (χ3v) is 15.7. The Kier molecular flexibility index (Phi) is 12.1. The van der Waals surface area contributed by atoms with E-state index in [1.165, 1.54) is 0 Å². The van der Waals surface area contributed by atoms with E-state index in [1.807, 2.05) is 78.9 Å². The second-order valence-electron chi connectivity index (χ2n) is 16.4. The lowest BCUT2D eigenvalue weighted by molar-refractivity contribution is -0.118. The lowest BCUT2D eigenvalue weighted by atomic mass is 9.80. The van der Waals surface area contributed by atoms with Gasteiger partial charge in [0.1, 0.15) is 47.3 Å². The van der Waals surface area contributed by atoms with Crippen molar-refractivity contribution in [2.75, 3.05) is 26.1 Å². The quantitative estimate of drug-likeness (QED) is 0.0830. The predicted molar refractivity (Wildman–Crippen MR) is 221 cm³/mol. The lowest BCUT2D eigenvalue weighted by Gasteiger charge is -2.40. The Morgan fingerprint density at radius 1 is 0.912 bits per heavy atom. The number of fused-ring (bicyclic) bond motifs is 1. The fourth-order valence-corrected chi connectivity index (χ4v) is 8.21. The molecule has 1 amide bonds. The molecule has 304 valence electrons. The Balaban J connectivity index is 1.41. The average Bonchev–Trinajstić information content (AvgIpc) is 3.66. The number of ether oxygens (including phenoxy) is 4. The lowest BCUT2D eigenvalue weighted by Crippen LogP contribution is -2.50. The Morgan fingerprint density at radius 2 is 1.47 bits per heavy atom. The molecule has 0 spiro atoms. The zero-order chi connectivity index (χ0) is 41.3. The number of hydrogen-bond acceptors (Lipinski definition) is 10. The van der Waals surface area contributed by atoms with E-state index >= 15 is 0 Å². The van der Waals surface area contributed by atoms with Crippen LogP contribution in [0.15, 0.2) is 83.7 Å². The largest absolute Gasteiger partial charge is 0.497 e. The summed E-state index contributed by atoms with van der Waals surface area (Å²) in [6, 6.07) is 25.5. The normalized spacial score (nSPS) is 18.9. The molecule has 13 nitrogen and oxygen atoms in total. The molecule has 2 aromatic heterocycles. The minimum absolute atomic E-state index is 0.0189. The number of carbonyl (C=O) groups is 1. The van der Waals surface area contributed by atoms with Crippen molar-refractivity contribution in [3.05, 3.63) is 112 Å². The van der Waals surface area contributed by atoms with Gasteiger partial charge >= 0.3 is 0 Å². The number of nitrogens with one attached hydrogen (secondary N) is 2. The number of methoxy groups -OCH3 is 2. The molecule has 4 atom stereocenters. The van der Waals surface area contributed by atoms with Crippen LogP contribution in [0, 0.1) is 12.8 Å². The number of aryl methyl sites for hydroxylation is 1. The molecule has 0 saturated carbocycles. The van der Waals surface area contributed by atoms with Gasteiger partial charge in [-0.3, -0.25) is 19.9 Å². The van der Waals surface area contributed by atoms with Gasteiger partial charge in [-0.15, -0.1) is 0 Å². The van der Waals surface area contributed by atoms with Crippen LogP contribution in [0.4, 0.5) is 5.95 Å². The molecule has 0 bridgehead atoms. The number of nitrogens with zero attached hydrogens (tertiary/aromatic N) is 3. The van der Waals surface area contributed by atoms with E-state index in [0.29, 0.717) is 17.3 Å². The minimum Gasteiger partial charge on any atom is -0.497 e. The molecule has 1 aliphatic rings. The van der Waals surface area contributed by atoms with Crippen molar-refractivity contribution in [2.45, 2.75) is 96.2 Å². The van der Waals surface area contributed by atoms with E-state index in [1.54, 1.807) is 39.6 Å². The number of anilines is 1. The summed E-state index contributed by atoms with van der Waals surface area (Å²) in [5, 5.41) is 14.8. The first kappa shape index (κ1) is 41.8. The van der Waals surface area contributed by atoms with Crippen LogP contribution in [0.1, 0.15) is 57.1 Å². The Morgan fingerprint density at radius 3 is 2.00 bits per heavy atom. The van der Waals surface area contributed by atoms with Crippen LogP contribution in [0.5, 0.6) is 11.5 Å². The molecule has 1 aliphatic heterocycles. The minimum atomic E-state index is -2.48. The predicted octanol–water partition coefficient (Wildman–Crippen LogP) is 6.57. The van der Waals surface area contributed by atoms with Crippen molar-refractivity contribution in [3.8, 4) is 11.5 Å². The first-order valence-electron chi connectivity index (χ1n) is 19.3. The number of hydrogen-bond donors (Lipinski definition) is 3. The molecule has 5 aromatic rings. The van der Waals surface area contributed by atoms with E-state index in [2.05, 4.69) is 54.1 Å². The maximum absolute atomic E-state index is 13.2. The Bertz CT molecular complexity index is 2170. The summed E-state index contributed by atoms with van der Waals surface area (Å²) in [6.07, 6.45) is -3.36. The number of aromatic nitrogens is 4. The molecule has 57 heavy (non-hydrogen) atoms. The van der Waals surface area contributed by atoms with Crippen LogP contribution in [-0.2, 0) is 30.8 Å². The summed E-state index contributed by atoms with van der Waals surface area (Å²) in [6.45, 7) is 16.1. The molecule has 1 saturated heterocycles. The summed E-state index contributed by atoms with van der Waals surface area (Å²) in [7, 11) is 0.774. The fourth-order valence-electron chi connectivity index (χ4n) is 6.88. The van der Waals surface area contributed by atoms with Gasteiger partial charge in [0.25, 0.3) is 5.56 Å². The molecular weight excluding hydrogens is 743 g/mol. The average molecular weight is 798 g/mol. The molecule has 14 heteroatoms. The number of aliphatic hydroxyl groups excluding tert-OH is 1. The molecule has 3 heterocycles. The number of carbonyl (C=O) groups excluding carboxylic acids is 1. The van der Waals surface area contributed by atoms with Crippen LogP contribution >= 0.6 is 0 Å². The van der Waals surface area contributed by atoms with Crippen LogP contribution in [0.25, 0.3) is 11.2 Å². The van der Waals surface area contributed by atoms with Gasteiger partial charge < -0.3 is 33.0 Å². The molecule has 1 unspecified atom stereocenters. The Labute approximate surface area is 334 Å². The monoisotopic (exact) mass is 797 g/mol. The third kappa shape index (κ3) is 8.41. The van der Waals surface area contributed by atoms with E-state index in [0.717, 1.165) is 16.7 Å². The van der Waals surface area contributed by atoms with Gasteiger partial charge in [-0.2, -0.15) is 4.98 Å². The fraction of sp³-hybridized carbons (Fsp3) is 0.442. The van der Waals surface area contributed by atoms with E-state index < -0.39 is 43.9 Å². The summed E-state index contributed by atoms with van der Waals surface area (Å²) in [5.74, 6) is 1.33. The van der Waals surface area contributed by atoms with Gasteiger partial charge in [0, 0.05) is 5.92 Å². The van der Waals surface area contributed by atoms with Gasteiger partial charge in [-0.1, -0.05) is 89.2 Å². The summed E-state index contributed by atoms with van der Waals surface area (Å²) < 4.78 is 33.8. The number of aliphatic hydroxyl groups is 1. The maximum atomic E-state index is 13.2. The van der Waals surface area contributed by atoms with Gasteiger partial charge in [0.2, 0.25) is 11.9 Å². The van der Waals surface area contributed by atoms with Gasteiger partial charge in [-0.25, -0.2) is 4.98 Å². The Hall–Kier alpha value is -4.86. The number of H-pyrrole nitrogens is 1. The molecule has 3 aromatic carbocycles. The van der Waals surface area contributed by atoms with Gasteiger partial charge in [0.15, 0.2) is 19.5 Å². The highest BCUT2D eigenvalue weighted by molar-refractivity contribution is 6.74. The SMILES string of the molecule is COc1ccc(C(OC[C@H]2O[C@@H](Cn3c(C)nc4c(=O)[nH]c(NC(=O)C(C)C)nc43)[C@@H](O[Si](C)(C)C(C)(C)C)C2O)(c2ccccc2)c2ccc(OC)cc2)cc1. The highest BCUT2D eigenvalue weighted by Gasteiger charge is 2.51. The number of amides is 1. The van der Waals surface area contributed by atoms with Crippen LogP contribution in [0.2, 0.25) is 18.1 Å². The van der Waals surface area contributed by atoms with Crippen molar-refractivity contribution < 1.29 is 33.3 Å². The highest BCUT2D eigenvalue weighted by atomic mass is 28.4. The topological polar surface area (TPSA) is 159 Å². The van der Waals surface area contributed by atoms with Crippen LogP contribution in [0.3, 0.4) is 0 Å². The first-order valence-corrected chi connectivity index (χ1v) is 22.2. The zero-order valence-electron chi connectivity index (χ0n) is 34.5. The third-order valence-electron chi connectivity index (χ3n) is 11.2. The maximum Gasteiger partial charge on any atom is 0.280 e. The van der Waals surface area contributed by atoms with Gasteiger partial charge in [-0.05, 0) is 66.0 Å². The van der Waals surface area contributed by atoms with Crippen molar-refractivity contribution in [1.82, 2.24) is 19.5 Å². The molecule has 6 rings (SSSR count). The van der Waals surface area contributed by atoms with Crippen molar-refractivity contribution in [1.29, 1.82) is 0 Å². The second-order valence-corrected chi connectivity index (χ2v) is 21.1. The number of imidazole rings is 1. The second kappa shape index (κ2) is 16.5. The van der Waals surface area contributed by atoms with Crippen LogP contribution in [-0.4, -0.2) is 84.1 Å². The van der Waals surface area contributed by atoms with E-state index in [4.69, 9.17) is 23.4 Å². The number of rotatable bonds is 14. The molecular formula is C43H55N5O8Si. The van der Waals surface area contributed by atoms with Crippen molar-refractivity contribution >= 4 is 31.3 Å². The zero-order valence-corrected chi connectivity index (χ0v) is 35.5. The first-order chi connectivity index (χ1) is 27.0. The summed E-state index contributed by atoms with van der Waals surface area (Å²) in [5.41, 5.74) is 1.34. The number of aromatic amines is 1. The van der Waals surface area contributed by atoms with E-state index in [9.17, 15) is 14.7 Å². The van der Waals surface area contributed by atoms with Crippen LogP contribution < -0.4 is 20.3 Å². The summed E-state index contributed by atoms with van der Waals surface area (Å²) >= 11 is 0. The molecule has 1 fully saturated rings. The molecule has 0 radical (unpaired) electrons. The standard InChI is InChI=1S/C43H55N5O8Si/c1-26(2)39(50)46-41-45-38-35(40(51)47-41)44-27(3)48(38)24-33-37(56-57(9,10)42(4,5)6)36(49)34(55-33)25-54-43(28-14-12-11-13-15-28,29-16-20-31(52-7)21-17-29)30-18-22-32(53-8)23-19-30/h11-23,26,33-34,36-37,49H,24-25H2,1-10H3,(H2,45,46,47,50,51)/t33-,34+,36?,37+/m0/s1. The van der Waals surface area contributed by atoms with Crippen molar-refractivity contribution in [2.24, 2.45) is 5.92 Å². The van der Waals surface area contributed by atoms with Gasteiger partial charge in [0.05, 0.1) is 27.4 Å². The smallest absolute Gasteiger partial charge is 0.280 e. The summed E-state index contributed by atoms with van der Waals surface area (Å²) in [4.78, 5) is 37.5. The van der Waals surface area contributed by atoms with E-state index in [-0.39, 0.29) is 47.1 Å². The number of benzene rings is 3. The van der Waals surface area contributed by atoms with Crippen molar-refractivity contribution in [3.63, 3.8) is 0 Å². The molecule has 0 aliphatic carbocycles.